The van der Waals surface area contributed by atoms with Gasteiger partial charge in [-0.05, 0) is 26.0 Å². The van der Waals surface area contributed by atoms with Crippen LogP contribution >= 0.6 is 0 Å². The van der Waals surface area contributed by atoms with Gasteiger partial charge in [0, 0.05) is 24.6 Å². The van der Waals surface area contributed by atoms with Crippen molar-refractivity contribution in [1.82, 2.24) is 20.4 Å². The molecule has 0 spiro atoms. The highest BCUT2D eigenvalue weighted by atomic mass is 16.5. The number of aromatic nitrogens is 2. The Kier molecular flexibility index (Phi) is 5.31. The molecule has 1 aromatic carbocycles. The Bertz CT molecular complexity index is 863. The van der Waals surface area contributed by atoms with Gasteiger partial charge >= 0.3 is 0 Å². The quantitative estimate of drug-likeness (QED) is 0.732. The summed E-state index contributed by atoms with van der Waals surface area (Å²) in [6.07, 6.45) is -0.149. The van der Waals surface area contributed by atoms with E-state index < -0.39 is 6.29 Å². The molecule has 144 valence electrons. The summed E-state index contributed by atoms with van der Waals surface area (Å²) in [5, 5.41) is 13.3. The lowest BCUT2D eigenvalue weighted by Crippen LogP contribution is -2.52. The normalized spacial score (nSPS) is 19.3. The number of anilines is 1. The Morgan fingerprint density at radius 3 is 2.74 bits per heavy atom. The van der Waals surface area contributed by atoms with Gasteiger partial charge in [0.05, 0.1) is 25.5 Å². The summed E-state index contributed by atoms with van der Waals surface area (Å²) in [4.78, 5) is 24.6. The first-order valence-electron chi connectivity index (χ1n) is 8.56. The predicted octanol–water partition coefficient (Wildman–Crippen LogP) is 1.42. The molecule has 2 unspecified atom stereocenters. The molecule has 1 aliphatic rings. The zero-order chi connectivity index (χ0) is 19.6. The molecular formula is C18H23N5O4. The average Bonchev–Trinajstić information content (AvgIpc) is 3.00. The van der Waals surface area contributed by atoms with Crippen LogP contribution in [0, 0.1) is 6.92 Å². The van der Waals surface area contributed by atoms with Crippen molar-refractivity contribution in [3.8, 4) is 11.5 Å². The SMILES string of the molecule is COc1ccc(C(=O)Nc2cc(C)nn2C2NC(=O)CC(C)N2)c(OC)c1. The smallest absolute Gasteiger partial charge is 0.260 e. The highest BCUT2D eigenvalue weighted by Gasteiger charge is 2.27. The van der Waals surface area contributed by atoms with Crippen LogP contribution in [0.4, 0.5) is 5.82 Å². The van der Waals surface area contributed by atoms with Crippen LogP contribution in [0.25, 0.3) is 0 Å². The first kappa shape index (κ1) is 18.7. The van der Waals surface area contributed by atoms with Gasteiger partial charge in [-0.2, -0.15) is 5.10 Å². The molecule has 1 fully saturated rings. The molecule has 2 heterocycles. The molecule has 0 radical (unpaired) electrons. The molecule has 9 nitrogen and oxygen atoms in total. The third kappa shape index (κ3) is 4.03. The Morgan fingerprint density at radius 2 is 2.07 bits per heavy atom. The first-order chi connectivity index (χ1) is 12.9. The molecule has 0 aliphatic carbocycles. The Hall–Kier alpha value is -3.07. The minimum absolute atomic E-state index is 0.00140. The highest BCUT2D eigenvalue weighted by molar-refractivity contribution is 6.06. The second kappa shape index (κ2) is 7.67. The zero-order valence-corrected chi connectivity index (χ0v) is 15.7. The summed E-state index contributed by atoms with van der Waals surface area (Å²) in [5.41, 5.74) is 1.07. The van der Waals surface area contributed by atoms with Crippen molar-refractivity contribution in [2.75, 3.05) is 19.5 Å². The maximum atomic E-state index is 12.8. The standard InChI is InChI=1S/C18H23N5O4/c1-10-8-16(24)21-18(19-10)23-15(7-11(2)22-23)20-17(25)13-6-5-12(26-3)9-14(13)27-4/h5-7,9-10,18-19H,8H2,1-4H3,(H,20,25)(H,21,24). The van der Waals surface area contributed by atoms with Crippen LogP contribution in [0.5, 0.6) is 11.5 Å². The average molecular weight is 373 g/mol. The fourth-order valence-electron chi connectivity index (χ4n) is 2.97. The van der Waals surface area contributed by atoms with Crippen LogP contribution in [0.15, 0.2) is 24.3 Å². The number of benzene rings is 1. The molecule has 1 aliphatic heterocycles. The number of methoxy groups -OCH3 is 2. The van der Waals surface area contributed by atoms with Crippen LogP contribution in [0.1, 0.15) is 35.7 Å². The summed E-state index contributed by atoms with van der Waals surface area (Å²) in [7, 11) is 3.03. The molecule has 0 bridgehead atoms. The topological polar surface area (TPSA) is 107 Å². The van der Waals surface area contributed by atoms with Crippen LogP contribution in [0.3, 0.4) is 0 Å². The van der Waals surface area contributed by atoms with E-state index in [4.69, 9.17) is 9.47 Å². The molecule has 9 heteroatoms. The van der Waals surface area contributed by atoms with Gasteiger partial charge in [-0.25, -0.2) is 4.68 Å². The minimum Gasteiger partial charge on any atom is -0.497 e. The highest BCUT2D eigenvalue weighted by Crippen LogP contribution is 2.26. The van der Waals surface area contributed by atoms with Crippen molar-refractivity contribution < 1.29 is 19.1 Å². The largest absolute Gasteiger partial charge is 0.497 e. The van der Waals surface area contributed by atoms with Crippen molar-refractivity contribution in [2.45, 2.75) is 32.6 Å². The number of rotatable bonds is 5. The van der Waals surface area contributed by atoms with Crippen LogP contribution in [-0.2, 0) is 4.79 Å². The summed E-state index contributed by atoms with van der Waals surface area (Å²) >= 11 is 0. The number of amides is 2. The van der Waals surface area contributed by atoms with Gasteiger partial charge in [0.15, 0.2) is 6.29 Å². The summed E-state index contributed by atoms with van der Waals surface area (Å²) < 4.78 is 12.0. The van der Waals surface area contributed by atoms with Gasteiger partial charge in [-0.15, -0.1) is 0 Å². The van der Waals surface area contributed by atoms with Crippen LogP contribution in [-0.4, -0.2) is 41.9 Å². The number of carbonyl (C=O) groups excluding carboxylic acids is 2. The molecule has 3 rings (SSSR count). The molecule has 2 atom stereocenters. The van der Waals surface area contributed by atoms with Crippen LogP contribution in [0.2, 0.25) is 0 Å². The molecule has 1 aromatic heterocycles. The molecule has 1 saturated heterocycles. The second-order valence-electron chi connectivity index (χ2n) is 6.38. The van der Waals surface area contributed by atoms with E-state index in [-0.39, 0.29) is 17.9 Å². The lowest BCUT2D eigenvalue weighted by Gasteiger charge is -2.30. The number of nitrogens with zero attached hydrogens (tertiary/aromatic N) is 2. The number of aryl methyl sites for hydroxylation is 1. The Balaban J connectivity index is 1.86. The van der Waals surface area contributed by atoms with Gasteiger partial charge in [0.25, 0.3) is 5.91 Å². The fraction of sp³-hybridized carbons (Fsp3) is 0.389. The van der Waals surface area contributed by atoms with E-state index in [1.807, 2.05) is 13.8 Å². The van der Waals surface area contributed by atoms with E-state index in [9.17, 15) is 9.59 Å². The summed E-state index contributed by atoms with van der Waals surface area (Å²) in [5.74, 6) is 1.02. The van der Waals surface area contributed by atoms with E-state index >= 15 is 0 Å². The van der Waals surface area contributed by atoms with Crippen molar-refractivity contribution in [3.05, 3.63) is 35.5 Å². The summed E-state index contributed by atoms with van der Waals surface area (Å²) in [6, 6.07) is 6.69. The van der Waals surface area contributed by atoms with E-state index in [2.05, 4.69) is 21.0 Å². The number of carbonyl (C=O) groups is 2. The molecule has 2 amide bonds. The van der Waals surface area contributed by atoms with Gasteiger partial charge in [0.1, 0.15) is 17.3 Å². The van der Waals surface area contributed by atoms with Gasteiger partial charge in [0.2, 0.25) is 5.91 Å². The lowest BCUT2D eigenvalue weighted by atomic mass is 10.1. The van der Waals surface area contributed by atoms with Crippen molar-refractivity contribution >= 4 is 17.6 Å². The number of hydrogen-bond donors (Lipinski definition) is 3. The number of hydrogen-bond acceptors (Lipinski definition) is 6. The third-order valence-corrected chi connectivity index (χ3v) is 4.23. The maximum Gasteiger partial charge on any atom is 0.260 e. The van der Waals surface area contributed by atoms with Gasteiger partial charge in [-0.3, -0.25) is 14.9 Å². The second-order valence-corrected chi connectivity index (χ2v) is 6.38. The van der Waals surface area contributed by atoms with E-state index in [0.29, 0.717) is 35.0 Å². The summed E-state index contributed by atoms with van der Waals surface area (Å²) in [6.45, 7) is 3.73. The van der Waals surface area contributed by atoms with Crippen molar-refractivity contribution in [3.63, 3.8) is 0 Å². The van der Waals surface area contributed by atoms with Gasteiger partial charge in [-0.1, -0.05) is 0 Å². The first-order valence-corrected chi connectivity index (χ1v) is 8.56. The van der Waals surface area contributed by atoms with Crippen LogP contribution < -0.4 is 25.4 Å². The molecular weight excluding hydrogens is 350 g/mol. The Morgan fingerprint density at radius 1 is 1.30 bits per heavy atom. The lowest BCUT2D eigenvalue weighted by molar-refractivity contribution is -0.125. The van der Waals surface area contributed by atoms with Crippen molar-refractivity contribution in [1.29, 1.82) is 0 Å². The fourth-order valence-corrected chi connectivity index (χ4v) is 2.97. The number of ether oxygens (including phenoxy) is 2. The Labute approximate surface area is 157 Å². The number of nitrogens with one attached hydrogen (secondary N) is 3. The maximum absolute atomic E-state index is 12.8. The molecule has 0 saturated carbocycles. The zero-order valence-electron chi connectivity index (χ0n) is 15.7. The van der Waals surface area contributed by atoms with Gasteiger partial charge < -0.3 is 20.1 Å². The predicted molar refractivity (Wildman–Crippen MR) is 98.9 cm³/mol. The third-order valence-electron chi connectivity index (χ3n) is 4.23. The van der Waals surface area contributed by atoms with E-state index in [1.165, 1.54) is 7.11 Å². The molecule has 3 N–H and O–H groups in total. The monoisotopic (exact) mass is 373 g/mol. The molecule has 2 aromatic rings. The minimum atomic E-state index is -0.539. The van der Waals surface area contributed by atoms with Crippen molar-refractivity contribution in [2.24, 2.45) is 0 Å². The van der Waals surface area contributed by atoms with E-state index in [1.54, 1.807) is 36.1 Å². The van der Waals surface area contributed by atoms with E-state index in [0.717, 1.165) is 0 Å². The molecule has 27 heavy (non-hydrogen) atoms.